The molecule has 0 amide bonds. The van der Waals surface area contributed by atoms with E-state index in [1.54, 1.807) is 0 Å². The number of unbranched alkanes of at least 4 members (excludes halogenated alkanes) is 4. The molecule has 0 aliphatic rings. The Hall–Kier alpha value is -1.06. The summed E-state index contributed by atoms with van der Waals surface area (Å²) in [7, 11) is 0. The first-order chi connectivity index (χ1) is 6.16. The molecule has 0 bridgehead atoms. The van der Waals surface area contributed by atoms with Gasteiger partial charge in [0.05, 0.1) is 0 Å². The van der Waals surface area contributed by atoms with E-state index in [0.717, 1.165) is 25.7 Å². The van der Waals surface area contributed by atoms with Gasteiger partial charge in [-0.3, -0.25) is 4.79 Å². The van der Waals surface area contributed by atoms with Crippen LogP contribution in [0.1, 0.15) is 45.4 Å². The van der Waals surface area contributed by atoms with Crippen LogP contribution in [0.15, 0.2) is 0 Å². The minimum Gasteiger partial charge on any atom is -0.449 e. The minimum atomic E-state index is -1.52. The molecule has 0 aromatic carbocycles. The van der Waals surface area contributed by atoms with Crippen LogP contribution < -0.4 is 0 Å². The summed E-state index contributed by atoms with van der Waals surface area (Å²) in [5, 5.41) is 8.08. The molecule has 0 aromatic rings. The van der Waals surface area contributed by atoms with Gasteiger partial charge in [0, 0.05) is 6.42 Å². The second kappa shape index (κ2) is 7.58. The lowest BCUT2D eigenvalue weighted by atomic mass is 10.1. The lowest BCUT2D eigenvalue weighted by Gasteiger charge is -1.98. The molecule has 0 rings (SSSR count). The molecule has 0 aliphatic heterocycles. The number of hydrogen-bond donors (Lipinski definition) is 1. The fourth-order valence-corrected chi connectivity index (χ4v) is 1.02. The van der Waals surface area contributed by atoms with Gasteiger partial charge in [0.1, 0.15) is 0 Å². The molecule has 0 aromatic heterocycles. The van der Waals surface area contributed by atoms with Gasteiger partial charge >= 0.3 is 12.1 Å². The van der Waals surface area contributed by atoms with Crippen molar-refractivity contribution in [3.05, 3.63) is 0 Å². The fourth-order valence-electron chi connectivity index (χ4n) is 1.02. The summed E-state index contributed by atoms with van der Waals surface area (Å²) < 4.78 is 3.93. The minimum absolute atomic E-state index is 0.204. The van der Waals surface area contributed by atoms with Crippen LogP contribution in [0.25, 0.3) is 0 Å². The first kappa shape index (κ1) is 11.9. The number of carbonyl (C=O) groups excluding carboxylic acids is 1. The smallest absolute Gasteiger partial charge is 0.449 e. The number of hydrogen-bond acceptors (Lipinski definition) is 3. The lowest BCUT2D eigenvalue weighted by Crippen LogP contribution is -2.09. The third kappa shape index (κ3) is 8.85. The highest BCUT2D eigenvalue weighted by molar-refractivity contribution is 5.80. The van der Waals surface area contributed by atoms with Crippen LogP contribution in [0, 0.1) is 0 Å². The van der Waals surface area contributed by atoms with Gasteiger partial charge in [-0.1, -0.05) is 32.6 Å². The Balaban J connectivity index is 3.22. The van der Waals surface area contributed by atoms with Gasteiger partial charge in [-0.15, -0.1) is 0 Å². The zero-order chi connectivity index (χ0) is 10.1. The molecule has 0 spiro atoms. The maximum atomic E-state index is 10.7. The Morgan fingerprint density at radius 3 is 2.31 bits per heavy atom. The van der Waals surface area contributed by atoms with Crippen molar-refractivity contribution < 1.29 is 19.4 Å². The van der Waals surface area contributed by atoms with Gasteiger partial charge in [-0.25, -0.2) is 4.79 Å². The lowest BCUT2D eigenvalue weighted by molar-refractivity contribution is -0.139. The molecule has 1 N–H and O–H groups in total. The van der Waals surface area contributed by atoms with Crippen LogP contribution in [-0.4, -0.2) is 17.2 Å². The standard InChI is InChI=1S/C9H16O4/c1-2-3-4-5-6-7-8(10)13-9(11)12/h2-7H2,1H3,(H,11,12). The summed E-state index contributed by atoms with van der Waals surface area (Å²) in [5.41, 5.74) is 0. The normalized spacial score (nSPS) is 9.62. The Morgan fingerprint density at radius 1 is 1.15 bits per heavy atom. The molecule has 4 heteroatoms. The van der Waals surface area contributed by atoms with Crippen molar-refractivity contribution in [2.75, 3.05) is 0 Å². The number of ether oxygens (including phenoxy) is 1. The molecule has 0 saturated heterocycles. The third-order valence-electron chi connectivity index (χ3n) is 1.69. The average Bonchev–Trinajstić information content (AvgIpc) is 2.02. The van der Waals surface area contributed by atoms with Crippen molar-refractivity contribution in [2.45, 2.75) is 45.4 Å². The van der Waals surface area contributed by atoms with E-state index in [9.17, 15) is 9.59 Å². The van der Waals surface area contributed by atoms with Gasteiger partial charge in [0.2, 0.25) is 0 Å². The Morgan fingerprint density at radius 2 is 1.77 bits per heavy atom. The van der Waals surface area contributed by atoms with E-state index in [4.69, 9.17) is 5.11 Å². The van der Waals surface area contributed by atoms with Crippen molar-refractivity contribution in [3.63, 3.8) is 0 Å². The third-order valence-corrected chi connectivity index (χ3v) is 1.69. The molecule has 13 heavy (non-hydrogen) atoms. The average molecular weight is 188 g/mol. The maximum Gasteiger partial charge on any atom is 0.513 e. The SMILES string of the molecule is CCCCCCCC(=O)OC(=O)O. The quantitative estimate of drug-likeness (QED) is 0.395. The van der Waals surface area contributed by atoms with Crippen LogP contribution in [0.4, 0.5) is 4.79 Å². The van der Waals surface area contributed by atoms with E-state index >= 15 is 0 Å². The van der Waals surface area contributed by atoms with Gasteiger partial charge < -0.3 is 9.84 Å². The number of rotatable bonds is 6. The van der Waals surface area contributed by atoms with Gasteiger partial charge in [-0.2, -0.15) is 0 Å². The predicted molar refractivity (Wildman–Crippen MR) is 47.5 cm³/mol. The first-order valence-corrected chi connectivity index (χ1v) is 4.60. The summed E-state index contributed by atoms with van der Waals surface area (Å²) in [6.07, 6.45) is 3.77. The largest absolute Gasteiger partial charge is 0.513 e. The van der Waals surface area contributed by atoms with Crippen LogP contribution >= 0.6 is 0 Å². The van der Waals surface area contributed by atoms with Crippen LogP contribution in [-0.2, 0) is 9.53 Å². The van der Waals surface area contributed by atoms with Gasteiger partial charge in [0.25, 0.3) is 0 Å². The number of carboxylic acid groups (broad SMARTS) is 1. The molecule has 0 aliphatic carbocycles. The maximum absolute atomic E-state index is 10.7. The van der Waals surface area contributed by atoms with Crippen molar-refractivity contribution in [1.29, 1.82) is 0 Å². The number of esters is 1. The Bertz CT molecular complexity index is 165. The molecule has 0 radical (unpaired) electrons. The van der Waals surface area contributed by atoms with E-state index in [-0.39, 0.29) is 6.42 Å². The van der Waals surface area contributed by atoms with E-state index < -0.39 is 12.1 Å². The van der Waals surface area contributed by atoms with Crippen LogP contribution in [0.5, 0.6) is 0 Å². The molecule has 0 atom stereocenters. The monoisotopic (exact) mass is 188 g/mol. The van der Waals surface area contributed by atoms with Gasteiger partial charge in [0.15, 0.2) is 0 Å². The summed E-state index contributed by atoms with van der Waals surface area (Å²) >= 11 is 0. The molecule has 4 nitrogen and oxygen atoms in total. The highest BCUT2D eigenvalue weighted by Crippen LogP contribution is 2.05. The zero-order valence-electron chi connectivity index (χ0n) is 7.91. The highest BCUT2D eigenvalue weighted by Gasteiger charge is 2.06. The second-order valence-electron chi connectivity index (χ2n) is 2.90. The van der Waals surface area contributed by atoms with E-state index in [0.29, 0.717) is 6.42 Å². The van der Waals surface area contributed by atoms with Crippen LogP contribution in [0.3, 0.4) is 0 Å². The van der Waals surface area contributed by atoms with E-state index in [1.807, 2.05) is 0 Å². The fraction of sp³-hybridized carbons (Fsp3) is 0.778. The topological polar surface area (TPSA) is 63.6 Å². The summed E-state index contributed by atoms with van der Waals surface area (Å²) in [6, 6.07) is 0. The highest BCUT2D eigenvalue weighted by atomic mass is 16.7. The van der Waals surface area contributed by atoms with E-state index in [2.05, 4.69) is 11.7 Å². The summed E-state index contributed by atoms with van der Waals surface area (Å²) in [4.78, 5) is 20.6. The van der Waals surface area contributed by atoms with Crippen LogP contribution in [0.2, 0.25) is 0 Å². The Labute approximate surface area is 77.9 Å². The van der Waals surface area contributed by atoms with Crippen molar-refractivity contribution >= 4 is 12.1 Å². The molecule has 0 saturated carbocycles. The molecule has 0 fully saturated rings. The second-order valence-corrected chi connectivity index (χ2v) is 2.90. The van der Waals surface area contributed by atoms with E-state index in [1.165, 1.54) is 0 Å². The molecule has 0 unspecified atom stereocenters. The van der Waals surface area contributed by atoms with Crippen molar-refractivity contribution in [2.24, 2.45) is 0 Å². The molecule has 76 valence electrons. The molecular weight excluding hydrogens is 172 g/mol. The summed E-state index contributed by atoms with van der Waals surface area (Å²) in [5.74, 6) is -0.649. The summed E-state index contributed by atoms with van der Waals surface area (Å²) in [6.45, 7) is 2.11. The van der Waals surface area contributed by atoms with Crippen molar-refractivity contribution in [1.82, 2.24) is 0 Å². The van der Waals surface area contributed by atoms with Gasteiger partial charge in [-0.05, 0) is 6.42 Å². The first-order valence-electron chi connectivity index (χ1n) is 4.60. The molecule has 0 heterocycles. The van der Waals surface area contributed by atoms with Crippen molar-refractivity contribution in [3.8, 4) is 0 Å². The Kier molecular flexibility index (Phi) is 6.96. The zero-order valence-corrected chi connectivity index (χ0v) is 7.91. The predicted octanol–water partition coefficient (Wildman–Crippen LogP) is 2.57. The number of carbonyl (C=O) groups is 2. The molecular formula is C9H16O4.